The number of carbonyl (C=O) groups is 2. The molecule has 1 fully saturated rings. The van der Waals surface area contributed by atoms with Crippen LogP contribution in [-0.2, 0) is 11.3 Å². The summed E-state index contributed by atoms with van der Waals surface area (Å²) >= 11 is 0. The van der Waals surface area contributed by atoms with Gasteiger partial charge >= 0.3 is 0 Å². The SMILES string of the molecule is CC1CCC(C(N)=O)CN1C(=O)c1cnc2c(cnn2Cc2ccccc2)c1. The molecule has 4 rings (SSSR count). The molecule has 1 aliphatic rings. The molecule has 0 spiro atoms. The number of benzene rings is 1. The minimum absolute atomic E-state index is 0.0691. The van der Waals surface area contributed by atoms with Crippen LogP contribution in [0, 0.1) is 5.92 Å². The van der Waals surface area contributed by atoms with E-state index in [0.717, 1.165) is 29.4 Å². The van der Waals surface area contributed by atoms with E-state index in [1.165, 1.54) is 0 Å². The highest BCUT2D eigenvalue weighted by Gasteiger charge is 2.32. The first-order valence-electron chi connectivity index (χ1n) is 9.48. The molecule has 1 aliphatic heterocycles. The Kier molecular flexibility index (Phi) is 4.81. The third-order valence-corrected chi connectivity index (χ3v) is 5.44. The van der Waals surface area contributed by atoms with Crippen molar-refractivity contribution < 1.29 is 9.59 Å². The first kappa shape index (κ1) is 18.2. The fourth-order valence-electron chi connectivity index (χ4n) is 3.75. The molecule has 1 saturated heterocycles. The standard InChI is InChI=1S/C21H23N5O2/c1-14-7-8-16(19(22)27)13-25(14)21(28)18-9-17-11-24-26(20(17)23-10-18)12-15-5-3-2-4-6-15/h2-6,9-11,14,16H,7-8,12-13H2,1H3,(H2,22,27). The molecular weight excluding hydrogens is 354 g/mol. The van der Waals surface area contributed by atoms with E-state index < -0.39 is 0 Å². The van der Waals surface area contributed by atoms with Crippen LogP contribution in [0.4, 0.5) is 0 Å². The van der Waals surface area contributed by atoms with Crippen LogP contribution in [0.25, 0.3) is 11.0 Å². The number of nitrogens with two attached hydrogens (primary N) is 1. The Morgan fingerprint density at radius 1 is 1.18 bits per heavy atom. The number of hydrogen-bond donors (Lipinski definition) is 1. The maximum Gasteiger partial charge on any atom is 0.255 e. The fourth-order valence-corrected chi connectivity index (χ4v) is 3.75. The second-order valence-electron chi connectivity index (χ2n) is 7.41. The van der Waals surface area contributed by atoms with E-state index in [9.17, 15) is 9.59 Å². The summed E-state index contributed by atoms with van der Waals surface area (Å²) in [7, 11) is 0. The van der Waals surface area contributed by atoms with Crippen LogP contribution in [0.2, 0.25) is 0 Å². The molecule has 0 saturated carbocycles. The van der Waals surface area contributed by atoms with Gasteiger partial charge in [-0.05, 0) is 31.4 Å². The van der Waals surface area contributed by atoms with Crippen molar-refractivity contribution in [2.75, 3.05) is 6.54 Å². The molecule has 3 heterocycles. The number of rotatable bonds is 4. The molecule has 2 amide bonds. The van der Waals surface area contributed by atoms with Gasteiger partial charge in [-0.15, -0.1) is 0 Å². The van der Waals surface area contributed by atoms with Gasteiger partial charge in [0.1, 0.15) is 0 Å². The predicted molar refractivity (Wildman–Crippen MR) is 105 cm³/mol. The number of aromatic nitrogens is 3. The van der Waals surface area contributed by atoms with Crippen LogP contribution < -0.4 is 5.73 Å². The predicted octanol–water partition coefficient (Wildman–Crippen LogP) is 2.21. The van der Waals surface area contributed by atoms with Gasteiger partial charge in [0.05, 0.1) is 24.2 Å². The molecule has 7 heteroatoms. The van der Waals surface area contributed by atoms with E-state index in [1.807, 2.05) is 48.0 Å². The Morgan fingerprint density at radius 3 is 2.71 bits per heavy atom. The largest absolute Gasteiger partial charge is 0.369 e. The second-order valence-corrected chi connectivity index (χ2v) is 7.41. The van der Waals surface area contributed by atoms with Gasteiger partial charge in [0, 0.05) is 24.2 Å². The minimum atomic E-state index is -0.347. The zero-order valence-corrected chi connectivity index (χ0v) is 15.8. The van der Waals surface area contributed by atoms with Crippen molar-refractivity contribution in [3.8, 4) is 0 Å². The highest BCUT2D eigenvalue weighted by molar-refractivity contribution is 5.97. The Bertz CT molecular complexity index is 1010. The van der Waals surface area contributed by atoms with Gasteiger partial charge in [0.15, 0.2) is 5.65 Å². The smallest absolute Gasteiger partial charge is 0.255 e. The molecule has 28 heavy (non-hydrogen) atoms. The third-order valence-electron chi connectivity index (χ3n) is 5.44. The van der Waals surface area contributed by atoms with Crippen molar-refractivity contribution in [1.29, 1.82) is 0 Å². The van der Waals surface area contributed by atoms with Gasteiger partial charge in [-0.3, -0.25) is 9.59 Å². The second kappa shape index (κ2) is 7.42. The summed E-state index contributed by atoms with van der Waals surface area (Å²) in [6, 6.07) is 11.9. The molecule has 1 aromatic carbocycles. The van der Waals surface area contributed by atoms with Gasteiger partial charge in [-0.1, -0.05) is 30.3 Å². The Morgan fingerprint density at radius 2 is 1.96 bits per heavy atom. The molecule has 0 bridgehead atoms. The molecule has 2 atom stereocenters. The number of carbonyl (C=O) groups excluding carboxylic acids is 2. The van der Waals surface area contributed by atoms with Crippen LogP contribution in [0.15, 0.2) is 48.8 Å². The molecule has 7 nitrogen and oxygen atoms in total. The van der Waals surface area contributed by atoms with E-state index in [4.69, 9.17) is 5.73 Å². The Balaban J connectivity index is 1.58. The minimum Gasteiger partial charge on any atom is -0.369 e. The summed E-state index contributed by atoms with van der Waals surface area (Å²) in [4.78, 5) is 30.8. The van der Waals surface area contributed by atoms with E-state index in [-0.39, 0.29) is 23.8 Å². The van der Waals surface area contributed by atoms with E-state index in [2.05, 4.69) is 10.1 Å². The normalized spacial score (nSPS) is 19.7. The number of piperidine rings is 1. The van der Waals surface area contributed by atoms with Crippen LogP contribution >= 0.6 is 0 Å². The molecule has 2 aromatic heterocycles. The quantitative estimate of drug-likeness (QED) is 0.754. The average molecular weight is 377 g/mol. The number of amides is 2. The number of hydrogen-bond acceptors (Lipinski definition) is 4. The summed E-state index contributed by atoms with van der Waals surface area (Å²) in [5.74, 6) is -0.755. The molecule has 144 valence electrons. The van der Waals surface area contributed by atoms with Crippen molar-refractivity contribution in [1.82, 2.24) is 19.7 Å². The molecule has 0 aliphatic carbocycles. The first-order chi connectivity index (χ1) is 13.5. The van der Waals surface area contributed by atoms with Crippen molar-refractivity contribution in [2.45, 2.75) is 32.4 Å². The van der Waals surface area contributed by atoms with Crippen molar-refractivity contribution in [2.24, 2.45) is 11.7 Å². The number of likely N-dealkylation sites (tertiary alicyclic amines) is 1. The fraction of sp³-hybridized carbons (Fsp3) is 0.333. The van der Waals surface area contributed by atoms with Gasteiger partial charge in [-0.25, -0.2) is 9.67 Å². The van der Waals surface area contributed by atoms with Crippen LogP contribution in [0.3, 0.4) is 0 Å². The molecule has 2 N–H and O–H groups in total. The maximum atomic E-state index is 13.0. The lowest BCUT2D eigenvalue weighted by atomic mass is 9.92. The van der Waals surface area contributed by atoms with Crippen LogP contribution in [0.5, 0.6) is 0 Å². The summed E-state index contributed by atoms with van der Waals surface area (Å²) < 4.78 is 1.82. The number of pyridine rings is 1. The van der Waals surface area contributed by atoms with Gasteiger partial charge < -0.3 is 10.6 Å². The summed E-state index contributed by atoms with van der Waals surface area (Å²) in [6.45, 7) is 2.98. The highest BCUT2D eigenvalue weighted by Crippen LogP contribution is 2.24. The van der Waals surface area contributed by atoms with E-state index in [1.54, 1.807) is 17.3 Å². The zero-order chi connectivity index (χ0) is 19.7. The summed E-state index contributed by atoms with van der Waals surface area (Å²) in [5, 5.41) is 5.24. The molecule has 2 unspecified atom stereocenters. The monoisotopic (exact) mass is 377 g/mol. The van der Waals surface area contributed by atoms with Crippen molar-refractivity contribution in [3.63, 3.8) is 0 Å². The molecule has 0 radical (unpaired) electrons. The maximum absolute atomic E-state index is 13.0. The number of fused-ring (bicyclic) bond motifs is 1. The summed E-state index contributed by atoms with van der Waals surface area (Å²) in [5.41, 5.74) is 7.83. The highest BCUT2D eigenvalue weighted by atomic mass is 16.2. The van der Waals surface area contributed by atoms with Crippen LogP contribution in [-0.4, -0.2) is 44.1 Å². The zero-order valence-electron chi connectivity index (χ0n) is 15.8. The summed E-state index contributed by atoms with van der Waals surface area (Å²) in [6.07, 6.45) is 4.82. The van der Waals surface area contributed by atoms with Crippen molar-refractivity contribution >= 4 is 22.8 Å². The third kappa shape index (κ3) is 3.47. The molecular formula is C21H23N5O2. The van der Waals surface area contributed by atoms with Gasteiger partial charge in [0.2, 0.25) is 5.91 Å². The first-order valence-corrected chi connectivity index (χ1v) is 9.48. The number of primary amides is 1. The topological polar surface area (TPSA) is 94.1 Å². The Hall–Kier alpha value is -3.22. The van der Waals surface area contributed by atoms with Crippen LogP contribution in [0.1, 0.15) is 35.7 Å². The lowest BCUT2D eigenvalue weighted by Gasteiger charge is -2.36. The van der Waals surface area contributed by atoms with Gasteiger partial charge in [0.25, 0.3) is 5.91 Å². The Labute approximate surface area is 163 Å². The number of nitrogens with zero attached hydrogens (tertiary/aromatic N) is 4. The van der Waals surface area contributed by atoms with E-state index >= 15 is 0 Å². The lowest BCUT2D eigenvalue weighted by Crippen LogP contribution is -2.48. The van der Waals surface area contributed by atoms with Gasteiger partial charge in [-0.2, -0.15) is 5.10 Å². The lowest BCUT2D eigenvalue weighted by molar-refractivity contribution is -0.123. The van der Waals surface area contributed by atoms with E-state index in [0.29, 0.717) is 18.7 Å². The molecule has 3 aromatic rings. The van der Waals surface area contributed by atoms with Crippen molar-refractivity contribution in [3.05, 3.63) is 59.9 Å². The average Bonchev–Trinajstić information content (AvgIpc) is 3.10.